The van der Waals surface area contributed by atoms with Crippen LogP contribution in [0.1, 0.15) is 35.7 Å². The molecule has 0 aliphatic heterocycles. The summed E-state index contributed by atoms with van der Waals surface area (Å²) >= 11 is 5.84. The topological polar surface area (TPSA) is 57.5 Å². The first-order valence-corrected chi connectivity index (χ1v) is 8.10. The molecule has 1 fully saturated rings. The fourth-order valence-electron chi connectivity index (χ4n) is 2.59. The second-order valence-electron chi connectivity index (χ2n) is 5.78. The molecule has 2 aromatic rings. The SMILES string of the molecule is COCCCOC(=O)c1cn(C2CC2)c2cc(Cl)c(F)cc2c1=O. The Hall–Kier alpha value is -1.92. The Balaban J connectivity index is 2.02. The maximum atomic E-state index is 13.8. The van der Waals surface area contributed by atoms with Crippen LogP contribution in [0.5, 0.6) is 0 Å². The molecule has 0 radical (unpaired) electrons. The van der Waals surface area contributed by atoms with E-state index in [0.29, 0.717) is 18.5 Å². The summed E-state index contributed by atoms with van der Waals surface area (Å²) in [6.07, 6.45) is 3.91. The number of nitrogens with zero attached hydrogens (tertiary/aromatic N) is 1. The number of ether oxygens (including phenoxy) is 2. The lowest BCUT2D eigenvalue weighted by atomic mass is 10.1. The van der Waals surface area contributed by atoms with Gasteiger partial charge >= 0.3 is 5.97 Å². The van der Waals surface area contributed by atoms with Crippen molar-refractivity contribution in [1.82, 2.24) is 4.57 Å². The van der Waals surface area contributed by atoms with Crippen LogP contribution >= 0.6 is 11.6 Å². The Bertz CT molecular complexity index is 845. The van der Waals surface area contributed by atoms with E-state index in [4.69, 9.17) is 21.1 Å². The van der Waals surface area contributed by atoms with E-state index < -0.39 is 17.2 Å². The van der Waals surface area contributed by atoms with Crippen LogP contribution in [0.15, 0.2) is 23.1 Å². The van der Waals surface area contributed by atoms with E-state index in [2.05, 4.69) is 0 Å². The Morgan fingerprint density at radius 1 is 1.38 bits per heavy atom. The zero-order valence-electron chi connectivity index (χ0n) is 13.2. The van der Waals surface area contributed by atoms with Crippen LogP contribution in [0, 0.1) is 5.82 Å². The number of pyridine rings is 1. The van der Waals surface area contributed by atoms with Crippen molar-refractivity contribution in [3.05, 3.63) is 45.0 Å². The second kappa shape index (κ2) is 6.91. The van der Waals surface area contributed by atoms with Crippen molar-refractivity contribution in [2.45, 2.75) is 25.3 Å². The minimum absolute atomic E-state index is 0.0498. The minimum atomic E-state index is -0.706. The van der Waals surface area contributed by atoms with Crippen molar-refractivity contribution in [3.63, 3.8) is 0 Å². The summed E-state index contributed by atoms with van der Waals surface area (Å²) in [4.78, 5) is 24.8. The molecule has 0 N–H and O–H groups in total. The van der Waals surface area contributed by atoms with Crippen LogP contribution in [0.4, 0.5) is 4.39 Å². The monoisotopic (exact) mass is 353 g/mol. The fourth-order valence-corrected chi connectivity index (χ4v) is 2.75. The molecule has 7 heteroatoms. The van der Waals surface area contributed by atoms with Gasteiger partial charge in [-0.3, -0.25) is 4.79 Å². The largest absolute Gasteiger partial charge is 0.462 e. The highest BCUT2D eigenvalue weighted by Gasteiger charge is 2.27. The molecule has 24 heavy (non-hydrogen) atoms. The van der Waals surface area contributed by atoms with Crippen LogP contribution in [0.25, 0.3) is 10.9 Å². The number of hydrogen-bond acceptors (Lipinski definition) is 4. The smallest absolute Gasteiger partial charge is 0.343 e. The van der Waals surface area contributed by atoms with E-state index in [1.807, 2.05) is 4.57 Å². The summed E-state index contributed by atoms with van der Waals surface area (Å²) in [5.74, 6) is -1.39. The molecule has 1 aliphatic rings. The van der Waals surface area contributed by atoms with E-state index in [9.17, 15) is 14.0 Å². The maximum absolute atomic E-state index is 13.8. The third-order valence-corrected chi connectivity index (χ3v) is 4.25. The average molecular weight is 354 g/mol. The Labute approximate surface area is 142 Å². The first-order valence-electron chi connectivity index (χ1n) is 7.73. The van der Waals surface area contributed by atoms with Gasteiger partial charge in [-0.2, -0.15) is 0 Å². The number of hydrogen-bond donors (Lipinski definition) is 0. The summed E-state index contributed by atoms with van der Waals surface area (Å²) in [7, 11) is 1.55. The summed E-state index contributed by atoms with van der Waals surface area (Å²) in [6.45, 7) is 0.615. The Morgan fingerprint density at radius 3 is 2.79 bits per heavy atom. The second-order valence-corrected chi connectivity index (χ2v) is 6.18. The van der Waals surface area contributed by atoms with Gasteiger partial charge in [0.25, 0.3) is 0 Å². The van der Waals surface area contributed by atoms with Crippen molar-refractivity contribution in [3.8, 4) is 0 Å². The lowest BCUT2D eigenvalue weighted by molar-refractivity contribution is 0.0466. The third kappa shape index (κ3) is 3.30. The highest BCUT2D eigenvalue weighted by Crippen LogP contribution is 2.37. The average Bonchev–Trinajstić information content (AvgIpc) is 3.38. The van der Waals surface area contributed by atoms with Crippen LogP contribution in [0.3, 0.4) is 0 Å². The van der Waals surface area contributed by atoms with Gasteiger partial charge in [-0.25, -0.2) is 9.18 Å². The predicted octanol–water partition coefficient (Wildman–Crippen LogP) is 3.32. The molecule has 3 rings (SSSR count). The maximum Gasteiger partial charge on any atom is 0.343 e. The van der Waals surface area contributed by atoms with Gasteiger partial charge in [0, 0.05) is 37.8 Å². The van der Waals surface area contributed by atoms with E-state index in [1.54, 1.807) is 7.11 Å². The molecule has 0 bridgehead atoms. The highest BCUT2D eigenvalue weighted by molar-refractivity contribution is 6.31. The molecule has 1 aromatic carbocycles. The van der Waals surface area contributed by atoms with Gasteiger partial charge in [-0.05, 0) is 25.0 Å². The van der Waals surface area contributed by atoms with E-state index in [1.165, 1.54) is 12.3 Å². The molecule has 0 unspecified atom stereocenters. The number of benzene rings is 1. The molecule has 1 saturated carbocycles. The standard InChI is InChI=1S/C17H17ClFNO4/c1-23-5-2-6-24-17(22)12-9-20(10-3-4-10)15-8-13(18)14(19)7-11(15)16(12)21/h7-10H,2-6H2,1H3. The molecule has 0 amide bonds. The lowest BCUT2D eigenvalue weighted by Crippen LogP contribution is -2.21. The highest BCUT2D eigenvalue weighted by atomic mass is 35.5. The number of aromatic nitrogens is 1. The Kier molecular flexibility index (Phi) is 4.87. The molecular weight excluding hydrogens is 337 g/mol. The zero-order chi connectivity index (χ0) is 17.3. The molecule has 0 atom stereocenters. The number of rotatable bonds is 6. The Morgan fingerprint density at radius 2 is 2.12 bits per heavy atom. The van der Waals surface area contributed by atoms with Gasteiger partial charge in [-0.1, -0.05) is 11.6 Å². The van der Waals surface area contributed by atoms with Crippen molar-refractivity contribution < 1.29 is 18.7 Å². The van der Waals surface area contributed by atoms with Crippen molar-refractivity contribution >= 4 is 28.5 Å². The van der Waals surface area contributed by atoms with Gasteiger partial charge in [0.05, 0.1) is 17.1 Å². The van der Waals surface area contributed by atoms with Crippen LogP contribution in [-0.4, -0.2) is 30.9 Å². The predicted molar refractivity (Wildman–Crippen MR) is 88.2 cm³/mol. The van der Waals surface area contributed by atoms with Crippen LogP contribution in [-0.2, 0) is 9.47 Å². The lowest BCUT2D eigenvalue weighted by Gasteiger charge is -2.13. The summed E-state index contributed by atoms with van der Waals surface area (Å²) in [6, 6.07) is 2.70. The third-order valence-electron chi connectivity index (χ3n) is 3.96. The number of fused-ring (bicyclic) bond motifs is 1. The minimum Gasteiger partial charge on any atom is -0.462 e. The van der Waals surface area contributed by atoms with Crippen molar-refractivity contribution in [1.29, 1.82) is 0 Å². The van der Waals surface area contributed by atoms with Crippen molar-refractivity contribution in [2.75, 3.05) is 20.3 Å². The van der Waals surface area contributed by atoms with Crippen LogP contribution < -0.4 is 5.43 Å². The molecular formula is C17H17ClFNO4. The summed E-state index contributed by atoms with van der Waals surface area (Å²) < 4.78 is 25.6. The van der Waals surface area contributed by atoms with E-state index in [0.717, 1.165) is 18.9 Å². The van der Waals surface area contributed by atoms with Gasteiger partial charge in [0.2, 0.25) is 5.43 Å². The number of carbonyl (C=O) groups is 1. The first kappa shape index (κ1) is 16.9. The summed E-state index contributed by atoms with van der Waals surface area (Å²) in [5, 5.41) is 0.0846. The number of carbonyl (C=O) groups excluding carboxylic acids is 1. The van der Waals surface area contributed by atoms with Crippen LogP contribution in [0.2, 0.25) is 5.02 Å². The number of methoxy groups -OCH3 is 1. The van der Waals surface area contributed by atoms with Gasteiger partial charge in [-0.15, -0.1) is 0 Å². The fraction of sp³-hybridized carbons (Fsp3) is 0.412. The molecule has 0 spiro atoms. The molecule has 128 valence electrons. The number of halogens is 2. The van der Waals surface area contributed by atoms with Gasteiger partial charge in [0.1, 0.15) is 11.4 Å². The molecule has 5 nitrogen and oxygen atoms in total. The first-order chi connectivity index (χ1) is 11.5. The number of esters is 1. The zero-order valence-corrected chi connectivity index (χ0v) is 13.9. The molecule has 1 heterocycles. The molecule has 1 aromatic heterocycles. The van der Waals surface area contributed by atoms with E-state index in [-0.39, 0.29) is 28.6 Å². The quantitative estimate of drug-likeness (QED) is 0.590. The van der Waals surface area contributed by atoms with Crippen molar-refractivity contribution in [2.24, 2.45) is 0 Å². The molecule has 1 aliphatic carbocycles. The van der Waals surface area contributed by atoms with Gasteiger partial charge < -0.3 is 14.0 Å². The van der Waals surface area contributed by atoms with E-state index >= 15 is 0 Å². The summed E-state index contributed by atoms with van der Waals surface area (Å²) in [5.41, 5.74) is -0.104. The normalized spacial score (nSPS) is 14.1. The van der Waals surface area contributed by atoms with Gasteiger partial charge in [0.15, 0.2) is 0 Å². The molecule has 0 saturated heterocycles.